The van der Waals surface area contributed by atoms with Crippen molar-refractivity contribution in [2.24, 2.45) is 0 Å². The van der Waals surface area contributed by atoms with Crippen LogP contribution in [-0.2, 0) is 0 Å². The van der Waals surface area contributed by atoms with Crippen LogP contribution < -0.4 is 10.2 Å². The maximum absolute atomic E-state index is 12.7. The third kappa shape index (κ3) is 4.01. The number of rotatable bonds is 5. The molecular formula is C21H27N5O. The number of pyridine rings is 2. The van der Waals surface area contributed by atoms with Gasteiger partial charge >= 0.3 is 0 Å². The fourth-order valence-corrected chi connectivity index (χ4v) is 4.21. The van der Waals surface area contributed by atoms with Gasteiger partial charge in [0.1, 0.15) is 11.6 Å². The van der Waals surface area contributed by atoms with Crippen LogP contribution in [0, 0.1) is 0 Å². The predicted molar refractivity (Wildman–Crippen MR) is 106 cm³/mol. The van der Waals surface area contributed by atoms with Crippen LogP contribution in [0.3, 0.4) is 0 Å². The van der Waals surface area contributed by atoms with Crippen molar-refractivity contribution in [2.45, 2.75) is 37.6 Å². The molecule has 0 amide bonds. The number of carbonyl (C=O) groups is 1. The summed E-state index contributed by atoms with van der Waals surface area (Å²) in [5.74, 6) is 1.73. The molecule has 2 fully saturated rings. The van der Waals surface area contributed by atoms with Crippen molar-refractivity contribution in [3.8, 4) is 0 Å². The Kier molecular flexibility index (Phi) is 5.18. The predicted octanol–water partition coefficient (Wildman–Crippen LogP) is 2.99. The van der Waals surface area contributed by atoms with Crippen LogP contribution in [0.1, 0.15) is 42.5 Å². The van der Waals surface area contributed by atoms with Crippen molar-refractivity contribution in [3.05, 3.63) is 48.3 Å². The molecule has 0 atom stereocenters. The molecule has 1 N–H and O–H groups in total. The van der Waals surface area contributed by atoms with Crippen molar-refractivity contribution < 1.29 is 4.79 Å². The Morgan fingerprint density at radius 3 is 2.67 bits per heavy atom. The van der Waals surface area contributed by atoms with Crippen molar-refractivity contribution in [3.63, 3.8) is 0 Å². The number of ketones is 1. The molecule has 0 bridgehead atoms. The van der Waals surface area contributed by atoms with E-state index >= 15 is 0 Å². The van der Waals surface area contributed by atoms with Crippen molar-refractivity contribution >= 4 is 17.4 Å². The van der Waals surface area contributed by atoms with Crippen LogP contribution in [0.25, 0.3) is 0 Å². The molecule has 27 heavy (non-hydrogen) atoms. The largest absolute Gasteiger partial charge is 0.314 e. The average Bonchev–Trinajstić information content (AvgIpc) is 3.10. The SMILES string of the molecule is CN(c1ccccn1)c1ccc(C(=O)CN2CNC3(CCCCC3)C2)cn1. The minimum Gasteiger partial charge on any atom is -0.314 e. The number of hydrogen-bond donors (Lipinski definition) is 1. The molecule has 2 aromatic heterocycles. The number of Topliss-reactive ketones (excluding diaryl/α,β-unsaturated/α-hetero) is 1. The molecule has 1 aliphatic heterocycles. The summed E-state index contributed by atoms with van der Waals surface area (Å²) in [4.78, 5) is 25.6. The Morgan fingerprint density at radius 2 is 1.96 bits per heavy atom. The molecule has 2 aliphatic rings. The van der Waals surface area contributed by atoms with E-state index in [1.807, 2.05) is 42.3 Å². The van der Waals surface area contributed by atoms with E-state index in [9.17, 15) is 4.79 Å². The summed E-state index contributed by atoms with van der Waals surface area (Å²) in [6, 6.07) is 9.51. The molecule has 1 spiro atoms. The third-order valence-corrected chi connectivity index (χ3v) is 5.79. The number of hydrogen-bond acceptors (Lipinski definition) is 6. The Morgan fingerprint density at radius 1 is 1.15 bits per heavy atom. The topological polar surface area (TPSA) is 61.4 Å². The van der Waals surface area contributed by atoms with Gasteiger partial charge in [-0.05, 0) is 37.1 Å². The van der Waals surface area contributed by atoms with E-state index in [0.29, 0.717) is 12.1 Å². The zero-order valence-corrected chi connectivity index (χ0v) is 15.9. The van der Waals surface area contributed by atoms with E-state index in [2.05, 4.69) is 20.2 Å². The van der Waals surface area contributed by atoms with E-state index in [4.69, 9.17) is 0 Å². The van der Waals surface area contributed by atoms with Gasteiger partial charge in [0.2, 0.25) is 0 Å². The lowest BCUT2D eigenvalue weighted by molar-refractivity contribution is 0.0940. The molecule has 4 rings (SSSR count). The molecule has 1 saturated carbocycles. The third-order valence-electron chi connectivity index (χ3n) is 5.79. The van der Waals surface area contributed by atoms with Gasteiger partial charge in [-0.2, -0.15) is 0 Å². The number of aromatic nitrogens is 2. The van der Waals surface area contributed by atoms with Crippen molar-refractivity contribution in [1.29, 1.82) is 0 Å². The molecule has 6 nitrogen and oxygen atoms in total. The van der Waals surface area contributed by atoms with Gasteiger partial charge in [-0.15, -0.1) is 0 Å². The second-order valence-corrected chi connectivity index (χ2v) is 7.74. The Bertz CT molecular complexity index is 771. The number of nitrogens with zero attached hydrogens (tertiary/aromatic N) is 4. The zero-order chi connectivity index (χ0) is 18.7. The number of anilines is 2. The first-order chi connectivity index (χ1) is 13.2. The first-order valence-corrected chi connectivity index (χ1v) is 9.77. The van der Waals surface area contributed by atoms with Crippen LogP contribution in [0.5, 0.6) is 0 Å². The maximum atomic E-state index is 12.7. The Balaban J connectivity index is 1.37. The second-order valence-electron chi connectivity index (χ2n) is 7.74. The highest BCUT2D eigenvalue weighted by molar-refractivity contribution is 5.97. The van der Waals surface area contributed by atoms with E-state index in [1.54, 1.807) is 12.4 Å². The molecule has 1 aliphatic carbocycles. The average molecular weight is 365 g/mol. The number of carbonyl (C=O) groups excluding carboxylic acids is 1. The zero-order valence-electron chi connectivity index (χ0n) is 15.9. The lowest BCUT2D eigenvalue weighted by Gasteiger charge is -2.33. The fourth-order valence-electron chi connectivity index (χ4n) is 4.21. The summed E-state index contributed by atoms with van der Waals surface area (Å²) in [7, 11) is 1.92. The minimum absolute atomic E-state index is 0.129. The van der Waals surface area contributed by atoms with Gasteiger partial charge in [0, 0.05) is 43.8 Å². The lowest BCUT2D eigenvalue weighted by atomic mass is 9.82. The molecule has 142 valence electrons. The summed E-state index contributed by atoms with van der Waals surface area (Å²) in [6.07, 6.45) is 9.83. The molecule has 2 aromatic rings. The fraction of sp³-hybridized carbons (Fsp3) is 0.476. The van der Waals surface area contributed by atoms with Gasteiger partial charge in [-0.25, -0.2) is 9.97 Å². The van der Waals surface area contributed by atoms with Gasteiger partial charge in [0.05, 0.1) is 6.54 Å². The van der Waals surface area contributed by atoms with E-state index in [0.717, 1.165) is 24.8 Å². The highest BCUT2D eigenvalue weighted by Gasteiger charge is 2.38. The van der Waals surface area contributed by atoms with Crippen LogP contribution >= 0.6 is 0 Å². The van der Waals surface area contributed by atoms with Crippen LogP contribution in [0.4, 0.5) is 11.6 Å². The summed E-state index contributed by atoms with van der Waals surface area (Å²) in [6.45, 7) is 2.23. The quantitative estimate of drug-likeness (QED) is 0.822. The molecule has 0 aromatic carbocycles. The highest BCUT2D eigenvalue weighted by atomic mass is 16.1. The second kappa shape index (κ2) is 7.74. The summed E-state index contributed by atoms with van der Waals surface area (Å²) < 4.78 is 0. The summed E-state index contributed by atoms with van der Waals surface area (Å²) in [5, 5.41) is 3.67. The smallest absolute Gasteiger partial charge is 0.178 e. The molecular weight excluding hydrogens is 338 g/mol. The molecule has 0 unspecified atom stereocenters. The number of nitrogens with one attached hydrogen (secondary N) is 1. The van der Waals surface area contributed by atoms with Crippen LogP contribution in [0.2, 0.25) is 0 Å². The van der Waals surface area contributed by atoms with Crippen LogP contribution in [-0.4, -0.2) is 53.0 Å². The first-order valence-electron chi connectivity index (χ1n) is 9.77. The minimum atomic E-state index is 0.129. The summed E-state index contributed by atoms with van der Waals surface area (Å²) in [5.41, 5.74) is 0.907. The monoisotopic (exact) mass is 365 g/mol. The van der Waals surface area contributed by atoms with Gasteiger partial charge in [0.25, 0.3) is 0 Å². The van der Waals surface area contributed by atoms with E-state index in [1.165, 1.54) is 32.1 Å². The lowest BCUT2D eigenvalue weighted by Crippen LogP contribution is -2.44. The highest BCUT2D eigenvalue weighted by Crippen LogP contribution is 2.31. The first kappa shape index (κ1) is 18.1. The van der Waals surface area contributed by atoms with Crippen LogP contribution in [0.15, 0.2) is 42.7 Å². The van der Waals surface area contributed by atoms with E-state index < -0.39 is 0 Å². The van der Waals surface area contributed by atoms with Crippen molar-refractivity contribution in [2.75, 3.05) is 31.7 Å². The molecule has 6 heteroatoms. The van der Waals surface area contributed by atoms with Gasteiger partial charge in [0.15, 0.2) is 5.78 Å². The molecule has 1 saturated heterocycles. The Hall–Kier alpha value is -2.31. The standard InChI is InChI=1S/C21H27N5O/c1-25(19-7-3-6-12-22-19)20-9-8-17(13-23-20)18(27)14-26-15-21(24-16-26)10-4-2-5-11-21/h3,6-9,12-13,24H,2,4-5,10-11,14-16H2,1H3. The Labute approximate surface area is 160 Å². The molecule has 3 heterocycles. The van der Waals surface area contributed by atoms with Gasteiger partial charge in [-0.3, -0.25) is 15.0 Å². The van der Waals surface area contributed by atoms with Crippen molar-refractivity contribution in [1.82, 2.24) is 20.2 Å². The van der Waals surface area contributed by atoms with Gasteiger partial charge < -0.3 is 4.90 Å². The summed E-state index contributed by atoms with van der Waals surface area (Å²) >= 11 is 0. The molecule has 0 radical (unpaired) electrons. The normalized spacial score (nSPS) is 19.3. The van der Waals surface area contributed by atoms with Gasteiger partial charge in [-0.1, -0.05) is 25.3 Å². The van der Waals surface area contributed by atoms with E-state index in [-0.39, 0.29) is 11.3 Å². The maximum Gasteiger partial charge on any atom is 0.178 e.